The van der Waals surface area contributed by atoms with E-state index in [4.69, 9.17) is 0 Å². The number of phenols is 1. The van der Waals surface area contributed by atoms with E-state index < -0.39 is 0 Å². The van der Waals surface area contributed by atoms with Gasteiger partial charge in [-0.25, -0.2) is 0 Å². The van der Waals surface area contributed by atoms with Gasteiger partial charge in [0.1, 0.15) is 10.8 Å². The molecule has 0 fully saturated rings. The van der Waals surface area contributed by atoms with Crippen LogP contribution >= 0.6 is 11.3 Å². The lowest BCUT2D eigenvalue weighted by Crippen LogP contribution is -2.17. The van der Waals surface area contributed by atoms with Gasteiger partial charge >= 0.3 is 0 Å². The Morgan fingerprint density at radius 1 is 0.931 bits per heavy atom. The molecule has 152 valence electrons. The van der Waals surface area contributed by atoms with E-state index in [1.54, 1.807) is 6.21 Å². The number of rotatable bonds is 4. The van der Waals surface area contributed by atoms with E-state index in [9.17, 15) is 5.11 Å². The molecule has 3 aromatic rings. The number of hydrogen-bond acceptors (Lipinski definition) is 6. The largest absolute Gasteiger partial charge is 0.507 e. The molecule has 2 N–H and O–H groups in total. The molecule has 0 aliphatic heterocycles. The first-order chi connectivity index (χ1) is 13.6. The number of nitrogens with one attached hydrogen (secondary N) is 1. The number of anilines is 1. The number of aromatic hydroxyl groups is 1. The Hall–Kier alpha value is -2.73. The van der Waals surface area contributed by atoms with Crippen LogP contribution in [-0.4, -0.2) is 21.5 Å². The van der Waals surface area contributed by atoms with E-state index in [2.05, 4.69) is 62.3 Å². The average molecular weight is 409 g/mol. The Bertz CT molecular complexity index is 976. The van der Waals surface area contributed by atoms with Crippen molar-refractivity contribution in [2.75, 3.05) is 5.43 Å². The summed E-state index contributed by atoms with van der Waals surface area (Å²) in [6.07, 6.45) is 1.76. The van der Waals surface area contributed by atoms with Crippen LogP contribution < -0.4 is 5.43 Å². The second kappa shape index (κ2) is 7.95. The maximum atomic E-state index is 10.8. The van der Waals surface area contributed by atoms with E-state index in [1.165, 1.54) is 11.3 Å². The molecule has 0 atom stereocenters. The number of hydrogen-bond donors (Lipinski definition) is 2. The van der Waals surface area contributed by atoms with Crippen molar-refractivity contribution in [1.82, 2.24) is 10.2 Å². The van der Waals surface area contributed by atoms with Crippen molar-refractivity contribution in [3.63, 3.8) is 0 Å². The highest BCUT2D eigenvalue weighted by molar-refractivity contribution is 7.18. The number of hydrazone groups is 1. The summed E-state index contributed by atoms with van der Waals surface area (Å²) in [5, 5.41) is 25.0. The van der Waals surface area contributed by atoms with E-state index in [-0.39, 0.29) is 10.8 Å². The molecular weight excluding hydrogens is 380 g/mol. The zero-order valence-corrected chi connectivity index (χ0v) is 18.6. The van der Waals surface area contributed by atoms with Gasteiger partial charge in [0.2, 0.25) is 5.13 Å². The lowest BCUT2D eigenvalue weighted by atomic mass is 9.78. The van der Waals surface area contributed by atoms with Crippen LogP contribution in [0.3, 0.4) is 0 Å². The van der Waals surface area contributed by atoms with Gasteiger partial charge in [-0.3, -0.25) is 5.43 Å². The molecule has 0 bridgehead atoms. The van der Waals surface area contributed by atoms with Crippen molar-refractivity contribution < 1.29 is 5.11 Å². The van der Waals surface area contributed by atoms with E-state index in [1.807, 2.05) is 42.5 Å². The molecule has 0 aliphatic carbocycles. The van der Waals surface area contributed by atoms with Gasteiger partial charge < -0.3 is 5.11 Å². The first-order valence-electron chi connectivity index (χ1n) is 9.61. The van der Waals surface area contributed by atoms with Gasteiger partial charge in [0.05, 0.1) is 6.21 Å². The molecule has 0 amide bonds. The highest BCUT2D eigenvalue weighted by Crippen LogP contribution is 2.39. The summed E-state index contributed by atoms with van der Waals surface area (Å²) in [7, 11) is 0. The Morgan fingerprint density at radius 3 is 2.07 bits per heavy atom. The first-order valence-corrected chi connectivity index (χ1v) is 10.4. The Balaban J connectivity index is 1.85. The minimum absolute atomic E-state index is 0.175. The number of phenolic OH excluding ortho intramolecular Hbond substituents is 1. The lowest BCUT2D eigenvalue weighted by Gasteiger charge is -2.27. The van der Waals surface area contributed by atoms with Crippen LogP contribution in [0.2, 0.25) is 0 Å². The molecule has 6 heteroatoms. The molecule has 5 nitrogen and oxygen atoms in total. The molecule has 0 spiro atoms. The van der Waals surface area contributed by atoms with Gasteiger partial charge in [-0.2, -0.15) is 5.10 Å². The van der Waals surface area contributed by atoms with Crippen molar-refractivity contribution in [3.05, 3.63) is 59.2 Å². The van der Waals surface area contributed by atoms with Crippen LogP contribution in [-0.2, 0) is 10.8 Å². The van der Waals surface area contributed by atoms with Crippen molar-refractivity contribution in [2.45, 2.75) is 52.4 Å². The molecule has 2 aromatic carbocycles. The fourth-order valence-electron chi connectivity index (χ4n) is 3.00. The summed E-state index contributed by atoms with van der Waals surface area (Å²) < 4.78 is 0. The maximum absolute atomic E-state index is 10.8. The minimum atomic E-state index is -0.175. The van der Waals surface area contributed by atoms with Gasteiger partial charge in [-0.15, -0.1) is 10.2 Å². The van der Waals surface area contributed by atoms with Gasteiger partial charge in [-0.05, 0) is 28.5 Å². The zero-order valence-electron chi connectivity index (χ0n) is 17.8. The van der Waals surface area contributed by atoms with Crippen LogP contribution in [0.1, 0.15) is 58.2 Å². The normalized spacial score (nSPS) is 12.5. The van der Waals surface area contributed by atoms with Crippen molar-refractivity contribution in [3.8, 4) is 16.3 Å². The minimum Gasteiger partial charge on any atom is -0.507 e. The fraction of sp³-hybridized carbons (Fsp3) is 0.348. The molecule has 0 radical (unpaired) electrons. The molecule has 29 heavy (non-hydrogen) atoms. The zero-order chi connectivity index (χ0) is 21.2. The number of aromatic nitrogens is 2. The molecule has 0 unspecified atom stereocenters. The SMILES string of the molecule is CC(C)(C)c1cc(/C=N/Nc2nnc(-c3ccccc3)s2)cc(C(C)(C)C)c1O. The van der Waals surface area contributed by atoms with Crippen LogP contribution in [0.25, 0.3) is 10.6 Å². The van der Waals surface area contributed by atoms with E-state index in [0.717, 1.165) is 27.3 Å². The second-order valence-electron chi connectivity index (χ2n) is 9.11. The standard InChI is InChI=1S/C23H28N4OS/c1-22(2,3)17-12-15(13-18(19(17)28)23(4,5)6)14-24-26-21-27-25-20(29-21)16-10-8-7-9-11-16/h7-14,28H,1-6H3,(H,26,27)/b24-14+. The molecular formula is C23H28N4OS. The summed E-state index contributed by atoms with van der Waals surface area (Å²) >= 11 is 1.45. The highest BCUT2D eigenvalue weighted by atomic mass is 32.1. The fourth-order valence-corrected chi connectivity index (χ4v) is 3.70. The third kappa shape index (κ3) is 5.01. The Kier molecular flexibility index (Phi) is 5.75. The van der Waals surface area contributed by atoms with Crippen LogP contribution in [0.4, 0.5) is 5.13 Å². The van der Waals surface area contributed by atoms with Crippen LogP contribution in [0, 0.1) is 0 Å². The van der Waals surface area contributed by atoms with E-state index in [0.29, 0.717) is 10.9 Å². The topological polar surface area (TPSA) is 70.4 Å². The third-order valence-corrected chi connectivity index (χ3v) is 5.44. The molecule has 0 saturated heterocycles. The quantitative estimate of drug-likeness (QED) is 0.413. The highest BCUT2D eigenvalue weighted by Gasteiger charge is 2.26. The molecule has 1 heterocycles. The maximum Gasteiger partial charge on any atom is 0.226 e. The third-order valence-electron chi connectivity index (χ3n) is 4.57. The molecule has 3 rings (SSSR count). The summed E-state index contributed by atoms with van der Waals surface area (Å²) in [5.41, 5.74) is 6.40. The number of benzene rings is 2. The van der Waals surface area contributed by atoms with Gasteiger partial charge in [-0.1, -0.05) is 83.2 Å². The predicted octanol–water partition coefficient (Wildman–Crippen LogP) is 5.95. The summed E-state index contributed by atoms with van der Waals surface area (Å²) in [6, 6.07) is 13.9. The Morgan fingerprint density at radius 2 is 1.52 bits per heavy atom. The van der Waals surface area contributed by atoms with Crippen molar-refractivity contribution in [2.24, 2.45) is 5.10 Å². The second-order valence-corrected chi connectivity index (χ2v) is 10.1. The number of nitrogens with zero attached hydrogens (tertiary/aromatic N) is 3. The predicted molar refractivity (Wildman–Crippen MR) is 122 cm³/mol. The summed E-state index contributed by atoms with van der Waals surface area (Å²) in [5.74, 6) is 0.367. The molecule has 1 aromatic heterocycles. The summed E-state index contributed by atoms with van der Waals surface area (Å²) in [6.45, 7) is 12.6. The molecule has 0 saturated carbocycles. The average Bonchev–Trinajstić information content (AvgIpc) is 3.10. The van der Waals surface area contributed by atoms with Gasteiger partial charge in [0.15, 0.2) is 0 Å². The molecule has 0 aliphatic rings. The first kappa shape index (κ1) is 21.0. The van der Waals surface area contributed by atoms with Crippen molar-refractivity contribution >= 4 is 22.7 Å². The monoisotopic (exact) mass is 408 g/mol. The van der Waals surface area contributed by atoms with Gasteiger partial charge in [0.25, 0.3) is 0 Å². The van der Waals surface area contributed by atoms with Crippen LogP contribution in [0.5, 0.6) is 5.75 Å². The van der Waals surface area contributed by atoms with E-state index >= 15 is 0 Å². The summed E-state index contributed by atoms with van der Waals surface area (Å²) in [4.78, 5) is 0. The Labute approximate surface area is 176 Å². The lowest BCUT2D eigenvalue weighted by molar-refractivity contribution is 0.423. The smallest absolute Gasteiger partial charge is 0.226 e. The van der Waals surface area contributed by atoms with Crippen LogP contribution in [0.15, 0.2) is 47.6 Å². The van der Waals surface area contributed by atoms with Crippen molar-refractivity contribution in [1.29, 1.82) is 0 Å². The van der Waals surface area contributed by atoms with Gasteiger partial charge in [0, 0.05) is 16.7 Å².